The molecule has 0 aliphatic rings. The first-order valence-electron chi connectivity index (χ1n) is 5.77. The predicted molar refractivity (Wildman–Crippen MR) is 77.2 cm³/mol. The number of aromatic amines is 1. The summed E-state index contributed by atoms with van der Waals surface area (Å²) in [6.07, 6.45) is 1.70. The number of thiophene rings is 1. The first-order chi connectivity index (χ1) is 9.11. The zero-order valence-corrected chi connectivity index (χ0v) is 11.5. The van der Waals surface area contributed by atoms with Gasteiger partial charge in [-0.15, -0.1) is 11.3 Å². The van der Waals surface area contributed by atoms with Crippen molar-refractivity contribution in [2.45, 2.75) is 6.92 Å². The van der Waals surface area contributed by atoms with Crippen molar-refractivity contribution in [1.82, 2.24) is 9.55 Å². The molecule has 0 aliphatic carbocycles. The number of nitrogens with zero attached hydrogens (tertiary/aromatic N) is 3. The molecule has 19 heavy (non-hydrogen) atoms. The van der Waals surface area contributed by atoms with Crippen LogP contribution >= 0.6 is 11.3 Å². The van der Waals surface area contributed by atoms with Gasteiger partial charge in [0.15, 0.2) is 0 Å². The first kappa shape index (κ1) is 13.3. The maximum absolute atomic E-state index is 11.6. The van der Waals surface area contributed by atoms with E-state index >= 15 is 0 Å². The summed E-state index contributed by atoms with van der Waals surface area (Å²) in [7, 11) is 1.43. The molecule has 100 valence electrons. The minimum atomic E-state index is -0.452. The lowest BCUT2D eigenvalue weighted by atomic mass is 10.5. The molecule has 2 heterocycles. The number of aromatic nitrogens is 2. The van der Waals surface area contributed by atoms with Crippen molar-refractivity contribution in [2.75, 3.05) is 11.6 Å². The van der Waals surface area contributed by atoms with Gasteiger partial charge < -0.3 is 0 Å². The van der Waals surface area contributed by atoms with Crippen molar-refractivity contribution in [1.29, 1.82) is 0 Å². The van der Waals surface area contributed by atoms with Gasteiger partial charge in [0, 0.05) is 24.5 Å². The van der Waals surface area contributed by atoms with Crippen LogP contribution in [0.1, 0.15) is 11.8 Å². The summed E-state index contributed by atoms with van der Waals surface area (Å²) in [5.41, 5.74) is -0.809. The van der Waals surface area contributed by atoms with Gasteiger partial charge in [0.05, 0.1) is 6.21 Å². The maximum Gasteiger partial charge on any atom is 0.329 e. The summed E-state index contributed by atoms with van der Waals surface area (Å²) in [5, 5.41) is 7.80. The average molecular weight is 278 g/mol. The van der Waals surface area contributed by atoms with E-state index in [-0.39, 0.29) is 5.56 Å². The highest BCUT2D eigenvalue weighted by Crippen LogP contribution is 2.08. The van der Waals surface area contributed by atoms with Crippen LogP contribution in [0, 0.1) is 0 Å². The molecule has 0 amide bonds. The Hall–Kier alpha value is -2.15. The highest BCUT2D eigenvalue weighted by molar-refractivity contribution is 7.11. The molecular weight excluding hydrogens is 264 g/mol. The van der Waals surface area contributed by atoms with E-state index in [1.165, 1.54) is 13.1 Å². The molecule has 2 aromatic heterocycles. The third kappa shape index (κ3) is 3.00. The minimum Gasteiger partial charge on any atom is -0.292 e. The van der Waals surface area contributed by atoms with Crippen LogP contribution in [0.2, 0.25) is 0 Å². The fraction of sp³-hybridized carbons (Fsp3) is 0.250. The lowest BCUT2D eigenvalue weighted by Gasteiger charge is -2.15. The molecule has 0 radical (unpaired) electrons. The summed E-state index contributed by atoms with van der Waals surface area (Å²) in [5.74, 6) is 0.392. The van der Waals surface area contributed by atoms with E-state index in [9.17, 15) is 9.59 Å². The van der Waals surface area contributed by atoms with Crippen LogP contribution in [0.3, 0.4) is 0 Å². The zero-order valence-electron chi connectivity index (χ0n) is 10.7. The van der Waals surface area contributed by atoms with E-state index in [1.807, 2.05) is 24.4 Å². The molecule has 0 saturated carbocycles. The third-order valence-corrected chi connectivity index (χ3v) is 3.38. The van der Waals surface area contributed by atoms with Gasteiger partial charge in [-0.25, -0.2) is 9.80 Å². The number of hydrogen-bond acceptors (Lipinski definition) is 5. The van der Waals surface area contributed by atoms with E-state index in [1.54, 1.807) is 22.6 Å². The second-order valence-electron chi connectivity index (χ2n) is 3.83. The van der Waals surface area contributed by atoms with Crippen molar-refractivity contribution in [3.8, 4) is 0 Å². The van der Waals surface area contributed by atoms with Gasteiger partial charge in [0.1, 0.15) is 5.82 Å². The average Bonchev–Trinajstić information content (AvgIpc) is 2.89. The van der Waals surface area contributed by atoms with Crippen LogP contribution in [0.4, 0.5) is 5.82 Å². The van der Waals surface area contributed by atoms with Crippen LogP contribution in [0.15, 0.2) is 38.3 Å². The molecule has 0 saturated heterocycles. The van der Waals surface area contributed by atoms with E-state index < -0.39 is 5.69 Å². The number of hydrogen-bond donors (Lipinski definition) is 1. The van der Waals surface area contributed by atoms with Crippen molar-refractivity contribution >= 4 is 23.4 Å². The van der Waals surface area contributed by atoms with Gasteiger partial charge in [-0.3, -0.25) is 14.3 Å². The normalized spacial score (nSPS) is 11.1. The van der Waals surface area contributed by atoms with Gasteiger partial charge in [-0.05, 0) is 18.4 Å². The van der Waals surface area contributed by atoms with Crippen LogP contribution in [0.5, 0.6) is 0 Å². The Bertz CT molecular complexity index is 653. The van der Waals surface area contributed by atoms with Gasteiger partial charge in [0.2, 0.25) is 0 Å². The highest BCUT2D eigenvalue weighted by Gasteiger charge is 2.06. The number of hydrazone groups is 1. The molecule has 0 bridgehead atoms. The summed E-state index contributed by atoms with van der Waals surface area (Å²) in [4.78, 5) is 26.8. The fourth-order valence-corrected chi connectivity index (χ4v) is 2.07. The smallest absolute Gasteiger partial charge is 0.292 e. The number of nitrogens with one attached hydrogen (secondary N) is 1. The van der Waals surface area contributed by atoms with Gasteiger partial charge in [-0.1, -0.05) is 6.07 Å². The van der Waals surface area contributed by atoms with Crippen LogP contribution in [-0.2, 0) is 7.05 Å². The summed E-state index contributed by atoms with van der Waals surface area (Å²) in [6, 6.07) is 5.23. The Labute approximate surface area is 113 Å². The second-order valence-corrected chi connectivity index (χ2v) is 4.81. The molecule has 6 nitrogen and oxygen atoms in total. The molecule has 0 fully saturated rings. The van der Waals surface area contributed by atoms with Crippen LogP contribution in [-0.4, -0.2) is 22.3 Å². The Morgan fingerprint density at radius 1 is 1.53 bits per heavy atom. The number of H-pyrrole nitrogens is 1. The Kier molecular flexibility index (Phi) is 3.96. The summed E-state index contributed by atoms with van der Waals surface area (Å²) in [6.45, 7) is 2.44. The lowest BCUT2D eigenvalue weighted by Crippen LogP contribution is -2.34. The molecule has 0 spiro atoms. The van der Waals surface area contributed by atoms with Crippen LogP contribution in [0.25, 0.3) is 0 Å². The molecular formula is C12H14N4O2S. The standard InChI is InChI=1S/C12H14N4O2S/c1-3-16(13-8-9-5-4-6-19-9)10-7-11(17)15(2)12(18)14-10/h4-8H,3H2,1-2H3,(H,14,18)/b13-8+. The second kappa shape index (κ2) is 5.66. The fourth-order valence-electron chi connectivity index (χ4n) is 1.49. The third-order valence-electron chi connectivity index (χ3n) is 2.58. The van der Waals surface area contributed by atoms with Gasteiger partial charge in [-0.2, -0.15) is 5.10 Å². The molecule has 0 aliphatic heterocycles. The quantitative estimate of drug-likeness (QED) is 0.670. The lowest BCUT2D eigenvalue weighted by molar-refractivity contribution is 0.756. The molecule has 2 rings (SSSR count). The SMILES string of the molecule is CCN(/N=C/c1cccs1)c1cc(=O)n(C)c(=O)[nH]1. The molecule has 1 N–H and O–H groups in total. The predicted octanol–water partition coefficient (Wildman–Crippen LogP) is 0.995. The van der Waals surface area contributed by atoms with Crippen molar-refractivity contribution in [3.05, 3.63) is 49.3 Å². The van der Waals surface area contributed by atoms with E-state index in [0.717, 1.165) is 9.44 Å². The van der Waals surface area contributed by atoms with Crippen molar-refractivity contribution in [2.24, 2.45) is 12.1 Å². The van der Waals surface area contributed by atoms with E-state index in [0.29, 0.717) is 12.4 Å². The first-order valence-corrected chi connectivity index (χ1v) is 6.65. The monoisotopic (exact) mass is 278 g/mol. The maximum atomic E-state index is 11.6. The summed E-state index contributed by atoms with van der Waals surface area (Å²) < 4.78 is 1.01. The van der Waals surface area contributed by atoms with E-state index in [4.69, 9.17) is 0 Å². The zero-order chi connectivity index (χ0) is 13.8. The number of anilines is 1. The van der Waals surface area contributed by atoms with Crippen LogP contribution < -0.4 is 16.3 Å². The van der Waals surface area contributed by atoms with Gasteiger partial charge in [0.25, 0.3) is 5.56 Å². The molecule has 0 atom stereocenters. The Morgan fingerprint density at radius 3 is 2.89 bits per heavy atom. The Balaban J connectivity index is 2.32. The Morgan fingerprint density at radius 2 is 2.32 bits per heavy atom. The largest absolute Gasteiger partial charge is 0.329 e. The molecule has 2 aromatic rings. The highest BCUT2D eigenvalue weighted by atomic mass is 32.1. The topological polar surface area (TPSA) is 70.5 Å². The van der Waals surface area contributed by atoms with E-state index in [2.05, 4.69) is 10.1 Å². The summed E-state index contributed by atoms with van der Waals surface area (Å²) >= 11 is 1.57. The molecule has 0 unspecified atom stereocenters. The number of rotatable bonds is 4. The minimum absolute atomic E-state index is 0.358. The molecule has 7 heteroatoms. The van der Waals surface area contributed by atoms with Gasteiger partial charge >= 0.3 is 5.69 Å². The van der Waals surface area contributed by atoms with Crippen molar-refractivity contribution in [3.63, 3.8) is 0 Å². The van der Waals surface area contributed by atoms with Crippen molar-refractivity contribution < 1.29 is 0 Å². The molecule has 0 aromatic carbocycles.